The van der Waals surface area contributed by atoms with Crippen LogP contribution in [-0.4, -0.2) is 23.5 Å². The first kappa shape index (κ1) is 21.4. The summed E-state index contributed by atoms with van der Waals surface area (Å²) in [5.41, 5.74) is 2.77. The molecule has 0 aliphatic carbocycles. The van der Waals surface area contributed by atoms with E-state index < -0.39 is 35.4 Å². The quantitative estimate of drug-likeness (QED) is 0.583. The number of benzene rings is 2. The molecule has 2 unspecified atom stereocenters. The molecule has 2 aromatic carbocycles. The number of ketones is 1. The summed E-state index contributed by atoms with van der Waals surface area (Å²) in [5, 5.41) is 2.76. The van der Waals surface area contributed by atoms with Gasteiger partial charge < -0.3 is 5.32 Å². The Balaban J connectivity index is 1.75. The molecular weight excluding hydrogens is 387 g/mol. The van der Waals surface area contributed by atoms with Crippen molar-refractivity contribution in [2.75, 3.05) is 10.2 Å². The molecule has 7 heteroatoms. The van der Waals surface area contributed by atoms with Crippen LogP contribution in [0.5, 0.6) is 0 Å². The summed E-state index contributed by atoms with van der Waals surface area (Å²) < 4.78 is 13.2. The Bertz CT molecular complexity index is 1020. The standard InChI is InChI=1S/C23H23FN2O4/c1-13-4-9-20(14(2)10-13)25-22(29)19(15(3)27)11-16-12-21(28)26(23(16)30)18-7-5-17(24)6-8-18/h4-10,16,19H,11-12H2,1-3H3,(H,25,29). The van der Waals surface area contributed by atoms with E-state index in [1.807, 2.05) is 26.0 Å². The summed E-state index contributed by atoms with van der Waals surface area (Å²) in [6.45, 7) is 5.09. The molecule has 0 aromatic heterocycles. The van der Waals surface area contributed by atoms with Gasteiger partial charge in [-0.25, -0.2) is 4.39 Å². The van der Waals surface area contributed by atoms with Crippen molar-refractivity contribution in [2.24, 2.45) is 11.8 Å². The van der Waals surface area contributed by atoms with Crippen LogP contribution >= 0.6 is 0 Å². The van der Waals surface area contributed by atoms with Gasteiger partial charge in [0.25, 0.3) is 0 Å². The highest BCUT2D eigenvalue weighted by Crippen LogP contribution is 2.31. The van der Waals surface area contributed by atoms with Crippen molar-refractivity contribution < 1.29 is 23.6 Å². The highest BCUT2D eigenvalue weighted by Gasteiger charge is 2.42. The number of nitrogens with zero attached hydrogens (tertiary/aromatic N) is 1. The average molecular weight is 410 g/mol. The number of carbonyl (C=O) groups excluding carboxylic acids is 4. The Morgan fingerprint density at radius 2 is 1.80 bits per heavy atom. The highest BCUT2D eigenvalue weighted by molar-refractivity contribution is 6.21. The fourth-order valence-electron chi connectivity index (χ4n) is 3.66. The zero-order valence-corrected chi connectivity index (χ0v) is 17.1. The lowest BCUT2D eigenvalue weighted by Crippen LogP contribution is -2.34. The van der Waals surface area contributed by atoms with Crippen molar-refractivity contribution in [1.82, 2.24) is 0 Å². The number of imide groups is 1. The Morgan fingerprint density at radius 1 is 1.13 bits per heavy atom. The molecular formula is C23H23FN2O4. The molecule has 1 aliphatic heterocycles. The van der Waals surface area contributed by atoms with Gasteiger partial charge >= 0.3 is 0 Å². The maximum absolute atomic E-state index is 13.2. The van der Waals surface area contributed by atoms with Crippen LogP contribution in [-0.2, 0) is 19.2 Å². The number of Topliss-reactive ketones (excluding diaryl/α,β-unsaturated/α-hetero) is 1. The average Bonchev–Trinajstić information content (AvgIpc) is 2.96. The summed E-state index contributed by atoms with van der Waals surface area (Å²) in [6, 6.07) is 10.6. The predicted octanol–water partition coefficient (Wildman–Crippen LogP) is 3.56. The summed E-state index contributed by atoms with van der Waals surface area (Å²) in [5.74, 6) is -4.13. The third-order valence-corrected chi connectivity index (χ3v) is 5.29. The third-order valence-electron chi connectivity index (χ3n) is 5.29. The molecule has 1 aliphatic rings. The summed E-state index contributed by atoms with van der Waals surface area (Å²) in [6.07, 6.45) is -0.162. The molecule has 3 amide bonds. The Hall–Kier alpha value is -3.35. The lowest BCUT2D eigenvalue weighted by molar-refractivity contribution is -0.131. The van der Waals surface area contributed by atoms with Gasteiger partial charge in [0.2, 0.25) is 17.7 Å². The number of halogens is 1. The third kappa shape index (κ3) is 4.45. The van der Waals surface area contributed by atoms with Gasteiger partial charge in [0, 0.05) is 18.0 Å². The minimum Gasteiger partial charge on any atom is -0.325 e. The van der Waals surface area contributed by atoms with E-state index in [0.29, 0.717) is 5.69 Å². The molecule has 30 heavy (non-hydrogen) atoms. The first-order valence-corrected chi connectivity index (χ1v) is 9.68. The molecule has 6 nitrogen and oxygen atoms in total. The fraction of sp³-hybridized carbons (Fsp3) is 0.304. The number of nitrogens with one attached hydrogen (secondary N) is 1. The number of aryl methyl sites for hydroxylation is 2. The summed E-state index contributed by atoms with van der Waals surface area (Å²) >= 11 is 0. The van der Waals surface area contributed by atoms with Crippen LogP contribution in [0, 0.1) is 31.5 Å². The van der Waals surface area contributed by atoms with E-state index in [4.69, 9.17) is 0 Å². The largest absolute Gasteiger partial charge is 0.325 e. The van der Waals surface area contributed by atoms with Crippen LogP contribution in [0.25, 0.3) is 0 Å². The van der Waals surface area contributed by atoms with Gasteiger partial charge in [-0.05, 0) is 63.1 Å². The number of rotatable bonds is 6. The van der Waals surface area contributed by atoms with Crippen LogP contribution in [0.4, 0.5) is 15.8 Å². The van der Waals surface area contributed by atoms with Crippen LogP contribution in [0.2, 0.25) is 0 Å². The monoisotopic (exact) mass is 410 g/mol. The van der Waals surface area contributed by atoms with Gasteiger partial charge in [-0.1, -0.05) is 17.7 Å². The molecule has 1 fully saturated rings. The normalized spacial score (nSPS) is 17.2. The van der Waals surface area contributed by atoms with Crippen molar-refractivity contribution in [2.45, 2.75) is 33.6 Å². The van der Waals surface area contributed by atoms with E-state index in [-0.39, 0.29) is 24.3 Å². The Kier molecular flexibility index (Phi) is 6.10. The summed E-state index contributed by atoms with van der Waals surface area (Å²) in [7, 11) is 0. The van der Waals surface area contributed by atoms with Crippen LogP contribution in [0.3, 0.4) is 0 Å². The van der Waals surface area contributed by atoms with E-state index in [1.165, 1.54) is 31.2 Å². The Morgan fingerprint density at radius 3 is 2.40 bits per heavy atom. The molecule has 0 spiro atoms. The second kappa shape index (κ2) is 8.57. The topological polar surface area (TPSA) is 83.6 Å². The SMILES string of the molecule is CC(=O)C(CC1CC(=O)N(c2ccc(F)cc2)C1=O)C(=O)Nc1ccc(C)cc1C. The van der Waals surface area contributed by atoms with Crippen molar-refractivity contribution >= 4 is 34.9 Å². The molecule has 2 atom stereocenters. The molecule has 1 N–H and O–H groups in total. The number of anilines is 2. The van der Waals surface area contributed by atoms with Crippen LogP contribution in [0.1, 0.15) is 30.9 Å². The van der Waals surface area contributed by atoms with Gasteiger partial charge in [0.15, 0.2) is 0 Å². The first-order chi connectivity index (χ1) is 14.2. The fourth-order valence-corrected chi connectivity index (χ4v) is 3.66. The van der Waals surface area contributed by atoms with E-state index in [9.17, 15) is 23.6 Å². The molecule has 0 bridgehead atoms. The number of hydrogen-bond acceptors (Lipinski definition) is 4. The summed E-state index contributed by atoms with van der Waals surface area (Å²) in [4.78, 5) is 51.1. The van der Waals surface area contributed by atoms with Crippen molar-refractivity contribution in [3.63, 3.8) is 0 Å². The van der Waals surface area contributed by atoms with E-state index in [2.05, 4.69) is 5.32 Å². The predicted molar refractivity (Wildman–Crippen MR) is 110 cm³/mol. The van der Waals surface area contributed by atoms with Crippen LogP contribution < -0.4 is 10.2 Å². The molecule has 2 aromatic rings. The first-order valence-electron chi connectivity index (χ1n) is 9.68. The van der Waals surface area contributed by atoms with Crippen molar-refractivity contribution in [3.05, 3.63) is 59.4 Å². The van der Waals surface area contributed by atoms with Crippen molar-refractivity contribution in [3.8, 4) is 0 Å². The van der Waals surface area contributed by atoms with E-state index >= 15 is 0 Å². The second-order valence-corrected chi connectivity index (χ2v) is 7.65. The molecule has 1 saturated heterocycles. The smallest absolute Gasteiger partial charge is 0.237 e. The molecule has 0 saturated carbocycles. The highest BCUT2D eigenvalue weighted by atomic mass is 19.1. The van der Waals surface area contributed by atoms with Gasteiger partial charge in [-0.3, -0.25) is 24.1 Å². The van der Waals surface area contributed by atoms with E-state index in [0.717, 1.165) is 16.0 Å². The van der Waals surface area contributed by atoms with Crippen LogP contribution in [0.15, 0.2) is 42.5 Å². The van der Waals surface area contributed by atoms with Crippen molar-refractivity contribution in [1.29, 1.82) is 0 Å². The zero-order chi connectivity index (χ0) is 22.0. The minimum absolute atomic E-state index is 0.0612. The second-order valence-electron chi connectivity index (χ2n) is 7.65. The number of hydrogen-bond donors (Lipinski definition) is 1. The van der Waals surface area contributed by atoms with E-state index in [1.54, 1.807) is 6.07 Å². The van der Waals surface area contributed by atoms with Gasteiger partial charge in [0.1, 0.15) is 11.6 Å². The maximum atomic E-state index is 13.2. The molecule has 3 rings (SSSR count). The maximum Gasteiger partial charge on any atom is 0.237 e. The minimum atomic E-state index is -1.05. The Labute approximate surface area is 174 Å². The molecule has 156 valence electrons. The number of carbonyl (C=O) groups is 4. The van der Waals surface area contributed by atoms with Gasteiger partial charge in [-0.2, -0.15) is 0 Å². The number of amides is 3. The lowest BCUT2D eigenvalue weighted by atomic mass is 9.89. The van der Waals surface area contributed by atoms with Gasteiger partial charge in [-0.15, -0.1) is 0 Å². The van der Waals surface area contributed by atoms with Gasteiger partial charge in [0.05, 0.1) is 11.6 Å². The molecule has 0 radical (unpaired) electrons. The zero-order valence-electron chi connectivity index (χ0n) is 17.1. The molecule has 1 heterocycles. The lowest BCUT2D eigenvalue weighted by Gasteiger charge is -2.19.